The summed E-state index contributed by atoms with van der Waals surface area (Å²) in [6.07, 6.45) is -0.317. The third kappa shape index (κ3) is 4.47. The van der Waals surface area contributed by atoms with Gasteiger partial charge < -0.3 is 19.8 Å². The highest BCUT2D eigenvalue weighted by atomic mass is 16.6. The Kier molecular flexibility index (Phi) is 5.49. The van der Waals surface area contributed by atoms with E-state index in [1.807, 2.05) is 32.9 Å². The lowest BCUT2D eigenvalue weighted by Crippen LogP contribution is -2.43. The lowest BCUT2D eigenvalue weighted by molar-refractivity contribution is 0.00694. The minimum absolute atomic E-state index is 0.0198. The highest BCUT2D eigenvalue weighted by Crippen LogP contribution is 2.32. The van der Waals surface area contributed by atoms with Gasteiger partial charge in [-0.25, -0.2) is 9.59 Å². The predicted molar refractivity (Wildman–Crippen MR) is 89.1 cm³/mol. The molecule has 132 valence electrons. The van der Waals surface area contributed by atoms with Gasteiger partial charge in [0.05, 0.1) is 5.56 Å². The van der Waals surface area contributed by atoms with Gasteiger partial charge in [-0.2, -0.15) is 0 Å². The van der Waals surface area contributed by atoms with E-state index in [2.05, 4.69) is 0 Å². The molecule has 0 radical (unpaired) electrons. The molecule has 1 aliphatic heterocycles. The Morgan fingerprint density at radius 3 is 2.38 bits per heavy atom. The fourth-order valence-electron chi connectivity index (χ4n) is 2.97. The molecule has 24 heavy (non-hydrogen) atoms. The smallest absolute Gasteiger partial charge is 0.407 e. The Labute approximate surface area is 142 Å². The number of carbonyl (C=O) groups is 2. The maximum atomic E-state index is 12.1. The van der Waals surface area contributed by atoms with E-state index in [1.54, 1.807) is 12.1 Å². The minimum atomic E-state index is -0.943. The van der Waals surface area contributed by atoms with Crippen molar-refractivity contribution < 1.29 is 24.5 Å². The summed E-state index contributed by atoms with van der Waals surface area (Å²) in [6, 6.07) is 7.02. The van der Waals surface area contributed by atoms with Gasteiger partial charge >= 0.3 is 12.1 Å². The van der Waals surface area contributed by atoms with Crippen LogP contribution in [0.2, 0.25) is 0 Å². The number of likely N-dealkylation sites (tertiary alicyclic amines) is 1. The van der Waals surface area contributed by atoms with Crippen LogP contribution >= 0.6 is 0 Å². The Balaban J connectivity index is 2.15. The molecule has 1 aliphatic rings. The summed E-state index contributed by atoms with van der Waals surface area (Å²) in [7, 11) is 0. The molecule has 6 nitrogen and oxygen atoms in total. The van der Waals surface area contributed by atoms with E-state index in [0.717, 1.165) is 5.56 Å². The second-order valence-electron chi connectivity index (χ2n) is 7.19. The Morgan fingerprint density at radius 1 is 1.25 bits per heavy atom. The summed E-state index contributed by atoms with van der Waals surface area (Å²) < 4.78 is 5.34. The fraction of sp³-hybridized carbons (Fsp3) is 0.556. The number of ether oxygens (including phenoxy) is 1. The number of carbonyl (C=O) groups excluding carboxylic acids is 1. The second-order valence-corrected chi connectivity index (χ2v) is 7.19. The molecule has 1 amide bonds. The standard InChI is InChI=1S/C18H25NO5/c1-18(2,3)24-16(21)13-6-4-12(5-7-13)15-10-19(17(22)23)9-8-14(15)11-20/h4-7,14-15,20H,8-11H2,1-3H3,(H,22,23)/t14-,15-/m0/s1. The summed E-state index contributed by atoms with van der Waals surface area (Å²) in [6.45, 7) is 6.25. The maximum Gasteiger partial charge on any atom is 0.407 e. The summed E-state index contributed by atoms with van der Waals surface area (Å²) >= 11 is 0. The topological polar surface area (TPSA) is 87.1 Å². The highest BCUT2D eigenvalue weighted by Gasteiger charge is 2.32. The van der Waals surface area contributed by atoms with Crippen molar-refractivity contribution in [3.8, 4) is 0 Å². The number of hydrogen-bond donors (Lipinski definition) is 2. The van der Waals surface area contributed by atoms with Crippen LogP contribution in [0.5, 0.6) is 0 Å². The van der Waals surface area contributed by atoms with Crippen molar-refractivity contribution in [2.75, 3.05) is 19.7 Å². The number of piperidine rings is 1. The Hall–Kier alpha value is -2.08. The maximum absolute atomic E-state index is 12.1. The lowest BCUT2D eigenvalue weighted by Gasteiger charge is -2.36. The molecule has 0 aliphatic carbocycles. The molecule has 1 aromatic rings. The molecule has 1 fully saturated rings. The number of benzene rings is 1. The summed E-state index contributed by atoms with van der Waals surface area (Å²) in [5, 5.41) is 18.8. The molecule has 1 saturated heterocycles. The van der Waals surface area contributed by atoms with Crippen LogP contribution < -0.4 is 0 Å². The monoisotopic (exact) mass is 335 g/mol. The number of hydrogen-bond acceptors (Lipinski definition) is 4. The van der Waals surface area contributed by atoms with Crippen LogP contribution in [0.1, 0.15) is 49.0 Å². The molecule has 0 saturated carbocycles. The van der Waals surface area contributed by atoms with Crippen LogP contribution in [0.4, 0.5) is 4.79 Å². The van der Waals surface area contributed by atoms with Crippen molar-refractivity contribution >= 4 is 12.1 Å². The van der Waals surface area contributed by atoms with E-state index in [1.165, 1.54) is 4.90 Å². The van der Waals surface area contributed by atoms with Gasteiger partial charge in [0.2, 0.25) is 0 Å². The molecule has 2 rings (SSSR count). The molecule has 6 heteroatoms. The van der Waals surface area contributed by atoms with Crippen molar-refractivity contribution in [2.24, 2.45) is 5.92 Å². The molecule has 2 atom stereocenters. The second kappa shape index (κ2) is 7.21. The highest BCUT2D eigenvalue weighted by molar-refractivity contribution is 5.89. The van der Waals surface area contributed by atoms with Crippen molar-refractivity contribution in [2.45, 2.75) is 38.7 Å². The number of rotatable bonds is 3. The number of aliphatic hydroxyl groups is 1. The largest absolute Gasteiger partial charge is 0.465 e. The third-order valence-corrected chi connectivity index (χ3v) is 4.23. The first kappa shape index (κ1) is 18.3. The van der Waals surface area contributed by atoms with E-state index in [0.29, 0.717) is 25.1 Å². The van der Waals surface area contributed by atoms with E-state index in [-0.39, 0.29) is 24.4 Å². The Morgan fingerprint density at radius 2 is 1.88 bits per heavy atom. The minimum Gasteiger partial charge on any atom is -0.465 e. The van der Waals surface area contributed by atoms with Gasteiger partial charge in [0.25, 0.3) is 0 Å². The van der Waals surface area contributed by atoms with E-state index < -0.39 is 11.7 Å². The van der Waals surface area contributed by atoms with E-state index in [9.17, 15) is 19.8 Å². The normalized spacial score (nSPS) is 21.4. The molecule has 0 spiro atoms. The molecular weight excluding hydrogens is 310 g/mol. The molecular formula is C18H25NO5. The van der Waals surface area contributed by atoms with Crippen LogP contribution in [0, 0.1) is 5.92 Å². The quantitative estimate of drug-likeness (QED) is 0.829. The van der Waals surface area contributed by atoms with Gasteiger partial charge in [-0.05, 0) is 50.8 Å². The van der Waals surface area contributed by atoms with Crippen molar-refractivity contribution in [3.63, 3.8) is 0 Å². The van der Waals surface area contributed by atoms with Gasteiger partial charge in [0.15, 0.2) is 0 Å². The number of amides is 1. The van der Waals surface area contributed by atoms with Crippen LogP contribution in [0.3, 0.4) is 0 Å². The van der Waals surface area contributed by atoms with Gasteiger partial charge in [0.1, 0.15) is 5.60 Å². The summed E-state index contributed by atoms with van der Waals surface area (Å²) in [4.78, 5) is 24.6. The molecule has 0 aromatic heterocycles. The van der Waals surface area contributed by atoms with Crippen molar-refractivity contribution in [1.29, 1.82) is 0 Å². The van der Waals surface area contributed by atoms with Gasteiger partial charge in [0, 0.05) is 25.6 Å². The molecule has 0 unspecified atom stereocenters. The molecule has 1 aromatic carbocycles. The lowest BCUT2D eigenvalue weighted by atomic mass is 9.81. The zero-order valence-electron chi connectivity index (χ0n) is 14.4. The average molecular weight is 335 g/mol. The number of carboxylic acid groups (broad SMARTS) is 1. The van der Waals surface area contributed by atoms with E-state index in [4.69, 9.17) is 4.74 Å². The average Bonchev–Trinajstić information content (AvgIpc) is 2.52. The van der Waals surface area contributed by atoms with E-state index >= 15 is 0 Å². The molecule has 0 bridgehead atoms. The number of aliphatic hydroxyl groups excluding tert-OH is 1. The van der Waals surface area contributed by atoms with Gasteiger partial charge in [-0.3, -0.25) is 0 Å². The zero-order chi connectivity index (χ0) is 17.9. The van der Waals surface area contributed by atoms with Crippen LogP contribution in [0.15, 0.2) is 24.3 Å². The molecule has 1 heterocycles. The first-order valence-corrected chi connectivity index (χ1v) is 8.13. The number of esters is 1. The van der Waals surface area contributed by atoms with Crippen LogP contribution in [0.25, 0.3) is 0 Å². The SMILES string of the molecule is CC(C)(C)OC(=O)c1ccc([C@@H]2CN(C(=O)O)CC[C@H]2CO)cc1. The fourth-order valence-corrected chi connectivity index (χ4v) is 2.97. The third-order valence-electron chi connectivity index (χ3n) is 4.23. The van der Waals surface area contributed by atoms with Crippen molar-refractivity contribution in [1.82, 2.24) is 4.90 Å². The zero-order valence-corrected chi connectivity index (χ0v) is 14.4. The van der Waals surface area contributed by atoms with Gasteiger partial charge in [-0.15, -0.1) is 0 Å². The van der Waals surface area contributed by atoms with Gasteiger partial charge in [-0.1, -0.05) is 12.1 Å². The van der Waals surface area contributed by atoms with Crippen LogP contribution in [-0.4, -0.2) is 52.5 Å². The van der Waals surface area contributed by atoms with Crippen LogP contribution in [-0.2, 0) is 4.74 Å². The first-order valence-electron chi connectivity index (χ1n) is 8.13. The van der Waals surface area contributed by atoms with Crippen molar-refractivity contribution in [3.05, 3.63) is 35.4 Å². The first-order chi connectivity index (χ1) is 11.2. The molecule has 2 N–H and O–H groups in total. The Bertz CT molecular complexity index is 590. The predicted octanol–water partition coefficient (Wildman–Crippen LogP) is 2.72. The summed E-state index contributed by atoms with van der Waals surface area (Å²) in [5.74, 6) is -0.441. The number of nitrogens with zero attached hydrogens (tertiary/aromatic N) is 1. The summed E-state index contributed by atoms with van der Waals surface area (Å²) in [5.41, 5.74) is 0.829.